The van der Waals surface area contributed by atoms with Crippen molar-refractivity contribution in [1.82, 2.24) is 0 Å². The second-order valence-electron chi connectivity index (χ2n) is 4.07. The van der Waals surface area contributed by atoms with Crippen molar-refractivity contribution in [1.29, 1.82) is 0 Å². The number of hydrogen-bond acceptors (Lipinski definition) is 4. The smallest absolute Gasteiger partial charge is 0.339 e. The molecule has 0 aliphatic rings. The number of hydrogen-bond donors (Lipinski definition) is 2. The fourth-order valence-corrected chi connectivity index (χ4v) is 2.52. The van der Waals surface area contributed by atoms with E-state index in [9.17, 15) is 13.2 Å². The molecule has 0 aliphatic carbocycles. The van der Waals surface area contributed by atoms with Gasteiger partial charge in [-0.2, -0.15) is 0 Å². The lowest BCUT2D eigenvalue weighted by atomic mass is 10.2. The van der Waals surface area contributed by atoms with Gasteiger partial charge in [0.15, 0.2) is 0 Å². The van der Waals surface area contributed by atoms with E-state index in [0.717, 1.165) is 10.5 Å². The molecule has 0 fully saturated rings. The molecule has 6 nitrogen and oxygen atoms in total. The molecule has 0 atom stereocenters. The molecular formula is C13H10BrNO5S. The van der Waals surface area contributed by atoms with Crippen LogP contribution < -0.4 is 9.88 Å². The molecule has 0 radical (unpaired) electrons. The first-order chi connectivity index (χ1) is 9.77. The van der Waals surface area contributed by atoms with E-state index in [4.69, 9.17) is 15.0 Å². The number of carboxylic acid groups (broad SMARTS) is 1. The van der Waals surface area contributed by atoms with Crippen LogP contribution in [0.15, 0.2) is 51.8 Å². The molecule has 0 spiro atoms. The van der Waals surface area contributed by atoms with Crippen molar-refractivity contribution in [2.45, 2.75) is 4.90 Å². The van der Waals surface area contributed by atoms with Crippen LogP contribution in [0, 0.1) is 0 Å². The highest BCUT2D eigenvalue weighted by Crippen LogP contribution is 2.29. The van der Waals surface area contributed by atoms with Gasteiger partial charge in [-0.1, -0.05) is 22.0 Å². The van der Waals surface area contributed by atoms with Crippen LogP contribution in [0.25, 0.3) is 0 Å². The SMILES string of the molecule is NS(=O)(=O)c1ccc(Oc2cccc(Br)c2)c(C(=O)O)c1. The first-order valence-corrected chi connectivity index (χ1v) is 7.95. The zero-order valence-electron chi connectivity index (χ0n) is 10.5. The summed E-state index contributed by atoms with van der Waals surface area (Å²) in [6.07, 6.45) is 0. The first-order valence-electron chi connectivity index (χ1n) is 5.61. The van der Waals surface area contributed by atoms with Gasteiger partial charge in [-0.3, -0.25) is 0 Å². The zero-order chi connectivity index (χ0) is 15.6. The Morgan fingerprint density at radius 1 is 1.19 bits per heavy atom. The molecule has 2 aromatic rings. The molecule has 2 rings (SSSR count). The number of aromatic carboxylic acids is 1. The van der Waals surface area contributed by atoms with Crippen molar-refractivity contribution in [2.24, 2.45) is 5.14 Å². The highest BCUT2D eigenvalue weighted by molar-refractivity contribution is 9.10. The van der Waals surface area contributed by atoms with Gasteiger partial charge in [-0.05, 0) is 36.4 Å². The summed E-state index contributed by atoms with van der Waals surface area (Å²) in [7, 11) is -3.98. The van der Waals surface area contributed by atoms with Crippen LogP contribution in [-0.4, -0.2) is 19.5 Å². The Hall–Kier alpha value is -1.90. The van der Waals surface area contributed by atoms with E-state index in [-0.39, 0.29) is 16.2 Å². The normalized spacial score (nSPS) is 11.1. The molecule has 0 saturated heterocycles. The standard InChI is InChI=1S/C13H10BrNO5S/c14-8-2-1-3-9(6-8)20-12-5-4-10(21(15,18)19)7-11(12)13(16)17/h1-7H,(H,16,17)(H2,15,18,19). The number of halogens is 1. The Morgan fingerprint density at radius 3 is 2.48 bits per heavy atom. The lowest BCUT2D eigenvalue weighted by molar-refractivity contribution is 0.0694. The number of sulfonamides is 1. The van der Waals surface area contributed by atoms with Crippen molar-refractivity contribution >= 4 is 31.9 Å². The van der Waals surface area contributed by atoms with E-state index >= 15 is 0 Å². The Labute approximate surface area is 129 Å². The van der Waals surface area contributed by atoms with Crippen LogP contribution >= 0.6 is 15.9 Å². The summed E-state index contributed by atoms with van der Waals surface area (Å²) < 4.78 is 28.8. The third-order valence-electron chi connectivity index (χ3n) is 2.53. The van der Waals surface area contributed by atoms with Gasteiger partial charge in [0.1, 0.15) is 17.1 Å². The predicted octanol–water partition coefficient (Wildman–Crippen LogP) is 2.59. The van der Waals surface area contributed by atoms with Crippen LogP contribution in [0.4, 0.5) is 0 Å². The molecule has 0 heterocycles. The summed E-state index contributed by atoms with van der Waals surface area (Å²) in [6, 6.07) is 10.2. The van der Waals surface area contributed by atoms with Crippen molar-refractivity contribution in [3.63, 3.8) is 0 Å². The fourth-order valence-electron chi connectivity index (χ4n) is 1.60. The monoisotopic (exact) mass is 371 g/mol. The van der Waals surface area contributed by atoms with Crippen LogP contribution in [-0.2, 0) is 10.0 Å². The Kier molecular flexibility index (Phi) is 4.31. The molecule has 2 aromatic carbocycles. The predicted molar refractivity (Wildman–Crippen MR) is 79.0 cm³/mol. The Morgan fingerprint density at radius 2 is 1.90 bits per heavy atom. The van der Waals surface area contributed by atoms with Crippen molar-refractivity contribution in [3.8, 4) is 11.5 Å². The Bertz CT molecular complexity index is 804. The molecule has 8 heteroatoms. The minimum absolute atomic E-state index is 0.0213. The van der Waals surface area contributed by atoms with Gasteiger partial charge < -0.3 is 9.84 Å². The molecule has 0 unspecified atom stereocenters. The Balaban J connectivity index is 2.47. The minimum Gasteiger partial charge on any atom is -0.478 e. The van der Waals surface area contributed by atoms with Crippen molar-refractivity contribution < 1.29 is 23.1 Å². The molecule has 21 heavy (non-hydrogen) atoms. The third-order valence-corrected chi connectivity index (χ3v) is 3.94. The topological polar surface area (TPSA) is 107 Å². The van der Waals surface area contributed by atoms with Crippen LogP contribution in [0.5, 0.6) is 11.5 Å². The van der Waals surface area contributed by atoms with Gasteiger partial charge in [0.25, 0.3) is 0 Å². The van der Waals surface area contributed by atoms with E-state index in [1.54, 1.807) is 24.3 Å². The highest BCUT2D eigenvalue weighted by Gasteiger charge is 2.17. The number of rotatable bonds is 4. The largest absolute Gasteiger partial charge is 0.478 e. The first kappa shape index (κ1) is 15.5. The van der Waals surface area contributed by atoms with Gasteiger partial charge in [-0.15, -0.1) is 0 Å². The van der Waals surface area contributed by atoms with Crippen LogP contribution in [0.1, 0.15) is 10.4 Å². The summed E-state index contributed by atoms with van der Waals surface area (Å²) in [4.78, 5) is 10.9. The highest BCUT2D eigenvalue weighted by atomic mass is 79.9. The molecular weight excluding hydrogens is 362 g/mol. The number of carbonyl (C=O) groups is 1. The van der Waals surface area contributed by atoms with E-state index in [1.165, 1.54) is 12.1 Å². The zero-order valence-corrected chi connectivity index (χ0v) is 12.9. The van der Waals surface area contributed by atoms with Gasteiger partial charge in [0.05, 0.1) is 4.90 Å². The molecule has 0 aliphatic heterocycles. The maximum absolute atomic E-state index is 11.3. The summed E-state index contributed by atoms with van der Waals surface area (Å²) in [5, 5.41) is 14.1. The molecule has 0 amide bonds. The fraction of sp³-hybridized carbons (Fsp3) is 0. The summed E-state index contributed by atoms with van der Waals surface area (Å²) in [6.45, 7) is 0. The maximum atomic E-state index is 11.3. The van der Waals surface area contributed by atoms with E-state index < -0.39 is 16.0 Å². The molecule has 110 valence electrons. The second-order valence-corrected chi connectivity index (χ2v) is 6.54. The van der Waals surface area contributed by atoms with E-state index in [0.29, 0.717) is 5.75 Å². The average molecular weight is 372 g/mol. The number of ether oxygens (including phenoxy) is 1. The van der Waals surface area contributed by atoms with Crippen LogP contribution in [0.3, 0.4) is 0 Å². The number of benzene rings is 2. The maximum Gasteiger partial charge on any atom is 0.339 e. The summed E-state index contributed by atoms with van der Waals surface area (Å²) >= 11 is 3.27. The van der Waals surface area contributed by atoms with Gasteiger partial charge in [-0.25, -0.2) is 18.4 Å². The van der Waals surface area contributed by atoms with Gasteiger partial charge in [0.2, 0.25) is 10.0 Å². The van der Waals surface area contributed by atoms with Gasteiger partial charge >= 0.3 is 5.97 Å². The minimum atomic E-state index is -3.98. The second kappa shape index (κ2) is 5.84. The van der Waals surface area contributed by atoms with Gasteiger partial charge in [0, 0.05) is 4.47 Å². The number of primary sulfonamides is 1. The molecule has 0 saturated carbocycles. The van der Waals surface area contributed by atoms with E-state index in [1.807, 2.05) is 0 Å². The van der Waals surface area contributed by atoms with Crippen molar-refractivity contribution in [3.05, 3.63) is 52.5 Å². The van der Waals surface area contributed by atoms with Crippen molar-refractivity contribution in [2.75, 3.05) is 0 Å². The quantitative estimate of drug-likeness (QED) is 0.858. The molecule has 3 N–H and O–H groups in total. The summed E-state index contributed by atoms with van der Waals surface area (Å²) in [5.74, 6) is -0.881. The van der Waals surface area contributed by atoms with E-state index in [2.05, 4.69) is 15.9 Å². The lowest BCUT2D eigenvalue weighted by Crippen LogP contribution is -2.13. The molecule has 0 bridgehead atoms. The average Bonchev–Trinajstić information content (AvgIpc) is 2.37. The van der Waals surface area contributed by atoms with Crippen LogP contribution in [0.2, 0.25) is 0 Å². The summed E-state index contributed by atoms with van der Waals surface area (Å²) in [5.41, 5.74) is -0.290. The molecule has 0 aromatic heterocycles. The third kappa shape index (κ3) is 3.81. The lowest BCUT2D eigenvalue weighted by Gasteiger charge is -2.10. The number of carboxylic acids is 1. The number of nitrogens with two attached hydrogens (primary N) is 1.